The molecule has 0 amide bonds. The van der Waals surface area contributed by atoms with Gasteiger partial charge in [0, 0.05) is 34.5 Å². The molecule has 27 heavy (non-hydrogen) atoms. The van der Waals surface area contributed by atoms with Gasteiger partial charge in [-0.15, -0.1) is 5.10 Å². The molecular weight excluding hydrogens is 356 g/mol. The van der Waals surface area contributed by atoms with E-state index in [0.29, 0.717) is 12.0 Å². The predicted molar refractivity (Wildman–Crippen MR) is 114 cm³/mol. The lowest BCUT2D eigenvalue weighted by atomic mass is 10.3. The van der Waals surface area contributed by atoms with E-state index in [2.05, 4.69) is 53.4 Å². The summed E-state index contributed by atoms with van der Waals surface area (Å²) in [4.78, 5) is 8.76. The topological polar surface area (TPSA) is 67.7 Å². The first-order valence-corrected chi connectivity index (χ1v) is 9.98. The van der Waals surface area contributed by atoms with Crippen molar-refractivity contribution in [3.63, 3.8) is 0 Å². The van der Waals surface area contributed by atoms with Crippen molar-refractivity contribution in [1.29, 1.82) is 0 Å². The molecule has 1 unspecified atom stereocenters. The number of rotatable bonds is 7. The van der Waals surface area contributed by atoms with Crippen molar-refractivity contribution < 1.29 is 0 Å². The fourth-order valence-corrected chi connectivity index (χ4v) is 3.24. The van der Waals surface area contributed by atoms with Gasteiger partial charge in [-0.05, 0) is 25.1 Å². The summed E-state index contributed by atoms with van der Waals surface area (Å²) in [6.07, 6.45) is 3.48. The second-order valence-corrected chi connectivity index (χ2v) is 9.22. The molecule has 1 atom stereocenters. The molecule has 0 saturated heterocycles. The molecule has 6 nitrogen and oxygen atoms in total. The van der Waals surface area contributed by atoms with E-state index in [9.17, 15) is 0 Å². The van der Waals surface area contributed by atoms with E-state index >= 15 is 0 Å². The maximum absolute atomic E-state index is 4.50. The van der Waals surface area contributed by atoms with E-state index in [1.54, 1.807) is 17.2 Å². The van der Waals surface area contributed by atoms with Crippen LogP contribution in [0.5, 0.6) is 0 Å². The third-order valence-electron chi connectivity index (χ3n) is 3.69. The highest BCUT2D eigenvalue weighted by Gasteiger charge is 2.13. The quantitative estimate of drug-likeness (QED) is 0.615. The van der Waals surface area contributed by atoms with Crippen molar-refractivity contribution in [3.8, 4) is 5.69 Å². The average Bonchev–Trinajstić information content (AvgIpc) is 3.09. The smallest absolute Gasteiger partial charge is 0.246 e. The van der Waals surface area contributed by atoms with Crippen molar-refractivity contribution >= 4 is 29.2 Å². The van der Waals surface area contributed by atoms with Crippen LogP contribution in [0.1, 0.15) is 27.7 Å². The maximum atomic E-state index is 4.50. The van der Waals surface area contributed by atoms with Gasteiger partial charge < -0.3 is 10.6 Å². The van der Waals surface area contributed by atoms with E-state index in [-0.39, 0.29) is 4.75 Å². The first-order chi connectivity index (χ1) is 12.9. The summed E-state index contributed by atoms with van der Waals surface area (Å²) in [6, 6.07) is 14.1. The zero-order chi connectivity index (χ0) is 19.3. The van der Waals surface area contributed by atoms with Crippen LogP contribution in [-0.2, 0) is 0 Å². The van der Waals surface area contributed by atoms with Crippen LogP contribution in [0.25, 0.3) is 5.69 Å². The number of aromatic nitrogens is 4. The van der Waals surface area contributed by atoms with Gasteiger partial charge in [0.25, 0.3) is 0 Å². The zero-order valence-electron chi connectivity index (χ0n) is 16.2. The van der Waals surface area contributed by atoms with Crippen LogP contribution in [0.4, 0.5) is 17.5 Å². The molecule has 0 aliphatic heterocycles. The highest BCUT2D eigenvalue weighted by atomic mass is 32.2. The van der Waals surface area contributed by atoms with Gasteiger partial charge in [-0.3, -0.25) is 0 Å². The average molecular weight is 383 g/mol. The SMILES string of the molecule is CC(CSC(C)(C)C)Nc1cc(-n2cnc(Nc3ccccc3)n2)ccn1. The van der Waals surface area contributed by atoms with Crippen LogP contribution < -0.4 is 10.6 Å². The van der Waals surface area contributed by atoms with Crippen molar-refractivity contribution in [1.82, 2.24) is 19.7 Å². The Balaban J connectivity index is 1.65. The Bertz CT molecular complexity index is 856. The lowest BCUT2D eigenvalue weighted by Gasteiger charge is -2.21. The minimum absolute atomic E-state index is 0.258. The summed E-state index contributed by atoms with van der Waals surface area (Å²) in [7, 11) is 0. The number of hydrogen-bond donors (Lipinski definition) is 2. The normalized spacial score (nSPS) is 12.6. The molecule has 1 aromatic carbocycles. The highest BCUT2D eigenvalue weighted by molar-refractivity contribution is 8.00. The van der Waals surface area contributed by atoms with E-state index in [1.165, 1.54) is 0 Å². The lowest BCUT2D eigenvalue weighted by Crippen LogP contribution is -2.22. The molecule has 2 aromatic heterocycles. The number of nitrogens with one attached hydrogen (secondary N) is 2. The monoisotopic (exact) mass is 382 g/mol. The number of para-hydroxylation sites is 1. The molecule has 3 aromatic rings. The molecule has 0 radical (unpaired) electrons. The number of nitrogens with zero attached hydrogens (tertiary/aromatic N) is 4. The Morgan fingerprint density at radius 1 is 1.11 bits per heavy atom. The molecule has 3 rings (SSSR count). The minimum atomic E-state index is 0.258. The number of benzene rings is 1. The van der Waals surface area contributed by atoms with Crippen LogP contribution in [-0.4, -0.2) is 36.3 Å². The number of pyridine rings is 1. The first kappa shape index (κ1) is 19.2. The van der Waals surface area contributed by atoms with Gasteiger partial charge in [-0.1, -0.05) is 39.0 Å². The summed E-state index contributed by atoms with van der Waals surface area (Å²) in [5.74, 6) is 2.41. The highest BCUT2D eigenvalue weighted by Crippen LogP contribution is 2.24. The van der Waals surface area contributed by atoms with Gasteiger partial charge in [0.15, 0.2) is 0 Å². The standard InChI is InChI=1S/C20H26N6S/c1-15(13-27-20(2,3)4)23-18-12-17(10-11-21-18)26-14-22-19(25-26)24-16-8-6-5-7-9-16/h5-12,14-15H,13H2,1-4H3,(H,21,23)(H,24,25). The zero-order valence-corrected chi connectivity index (χ0v) is 17.0. The minimum Gasteiger partial charge on any atom is -0.367 e. The van der Waals surface area contributed by atoms with Crippen molar-refractivity contribution in [3.05, 3.63) is 55.0 Å². The van der Waals surface area contributed by atoms with Crippen molar-refractivity contribution in [2.75, 3.05) is 16.4 Å². The van der Waals surface area contributed by atoms with Crippen LogP contribution in [0, 0.1) is 0 Å². The molecule has 2 heterocycles. The summed E-state index contributed by atoms with van der Waals surface area (Å²) in [5.41, 5.74) is 1.87. The van der Waals surface area contributed by atoms with Gasteiger partial charge >= 0.3 is 0 Å². The Kier molecular flexibility index (Phi) is 6.01. The Morgan fingerprint density at radius 2 is 1.89 bits per heavy atom. The molecule has 142 valence electrons. The van der Waals surface area contributed by atoms with Crippen LogP contribution in [0.3, 0.4) is 0 Å². The summed E-state index contributed by atoms with van der Waals surface area (Å²) in [6.45, 7) is 8.86. The Morgan fingerprint density at radius 3 is 2.63 bits per heavy atom. The van der Waals surface area contributed by atoms with Gasteiger partial charge in [-0.2, -0.15) is 16.7 Å². The van der Waals surface area contributed by atoms with E-state index in [0.717, 1.165) is 22.9 Å². The fraction of sp³-hybridized carbons (Fsp3) is 0.350. The summed E-state index contributed by atoms with van der Waals surface area (Å²) in [5, 5.41) is 11.2. The second kappa shape index (κ2) is 8.43. The maximum Gasteiger partial charge on any atom is 0.246 e. The summed E-state index contributed by atoms with van der Waals surface area (Å²) < 4.78 is 2.00. The second-order valence-electron chi connectivity index (χ2n) is 7.37. The third kappa shape index (κ3) is 5.99. The Hall–Kier alpha value is -2.54. The van der Waals surface area contributed by atoms with Gasteiger partial charge in [-0.25, -0.2) is 9.67 Å². The molecule has 0 aliphatic carbocycles. The van der Waals surface area contributed by atoms with E-state index in [1.807, 2.05) is 54.2 Å². The van der Waals surface area contributed by atoms with Gasteiger partial charge in [0.2, 0.25) is 5.95 Å². The molecule has 7 heteroatoms. The van der Waals surface area contributed by atoms with Crippen molar-refractivity contribution in [2.45, 2.75) is 38.5 Å². The van der Waals surface area contributed by atoms with Crippen molar-refractivity contribution in [2.24, 2.45) is 0 Å². The molecule has 0 aliphatic rings. The molecule has 0 bridgehead atoms. The fourth-order valence-electron chi connectivity index (χ4n) is 2.41. The molecule has 0 spiro atoms. The molecule has 2 N–H and O–H groups in total. The largest absolute Gasteiger partial charge is 0.367 e. The van der Waals surface area contributed by atoms with E-state index < -0.39 is 0 Å². The number of thioether (sulfide) groups is 1. The predicted octanol–water partition coefficient (Wildman–Crippen LogP) is 4.74. The van der Waals surface area contributed by atoms with Gasteiger partial charge in [0.1, 0.15) is 12.1 Å². The van der Waals surface area contributed by atoms with Crippen LogP contribution in [0.15, 0.2) is 55.0 Å². The third-order valence-corrected chi connectivity index (χ3v) is 5.22. The Labute approximate surface area is 164 Å². The van der Waals surface area contributed by atoms with Crippen LogP contribution >= 0.6 is 11.8 Å². The number of hydrogen-bond acceptors (Lipinski definition) is 6. The van der Waals surface area contributed by atoms with Gasteiger partial charge in [0.05, 0.1) is 5.69 Å². The number of anilines is 3. The first-order valence-electron chi connectivity index (χ1n) is 9.00. The molecular formula is C20H26N6S. The molecule has 0 fully saturated rings. The summed E-state index contributed by atoms with van der Waals surface area (Å²) >= 11 is 1.94. The molecule has 0 saturated carbocycles. The lowest BCUT2D eigenvalue weighted by molar-refractivity contribution is 0.793. The van der Waals surface area contributed by atoms with Crippen LogP contribution in [0.2, 0.25) is 0 Å². The van der Waals surface area contributed by atoms with E-state index in [4.69, 9.17) is 0 Å².